The summed E-state index contributed by atoms with van der Waals surface area (Å²) in [5.41, 5.74) is 1.78. The zero-order valence-electron chi connectivity index (χ0n) is 10.1. The zero-order valence-corrected chi connectivity index (χ0v) is 12.5. The molecule has 1 atom stereocenters. The van der Waals surface area contributed by atoms with Crippen molar-refractivity contribution in [2.24, 2.45) is 0 Å². The van der Waals surface area contributed by atoms with Crippen molar-refractivity contribution < 1.29 is 9.50 Å². The highest BCUT2D eigenvalue weighted by atomic mass is 79.9. The van der Waals surface area contributed by atoms with Crippen LogP contribution in [0.1, 0.15) is 11.1 Å². The third kappa shape index (κ3) is 4.30. The van der Waals surface area contributed by atoms with E-state index in [9.17, 15) is 9.50 Å². The maximum atomic E-state index is 13.3. The maximum Gasteiger partial charge on any atom is 0.142 e. The van der Waals surface area contributed by atoms with Crippen LogP contribution in [0.3, 0.4) is 0 Å². The van der Waals surface area contributed by atoms with E-state index in [-0.39, 0.29) is 5.02 Å². The summed E-state index contributed by atoms with van der Waals surface area (Å²) in [5, 5.41) is 10.1. The van der Waals surface area contributed by atoms with E-state index < -0.39 is 11.9 Å². The topological polar surface area (TPSA) is 20.2 Å². The first-order valence-corrected chi connectivity index (χ1v) is 7.08. The molecule has 2 aromatic carbocycles. The molecule has 100 valence electrons. The molecule has 1 nitrogen and oxygen atoms in total. The molecular weight excluding hydrogens is 331 g/mol. The molecule has 0 aliphatic carbocycles. The van der Waals surface area contributed by atoms with Crippen molar-refractivity contribution in [1.29, 1.82) is 0 Å². The molecule has 0 aromatic heterocycles. The van der Waals surface area contributed by atoms with Gasteiger partial charge in [0.05, 0.1) is 11.1 Å². The van der Waals surface area contributed by atoms with Gasteiger partial charge in [-0.3, -0.25) is 0 Å². The molecule has 0 fully saturated rings. The summed E-state index contributed by atoms with van der Waals surface area (Å²) >= 11 is 9.01. The zero-order chi connectivity index (χ0) is 13.8. The highest BCUT2D eigenvalue weighted by Gasteiger charge is 2.09. The van der Waals surface area contributed by atoms with Crippen LogP contribution in [0.15, 0.2) is 46.9 Å². The lowest BCUT2D eigenvalue weighted by Gasteiger charge is -2.11. The molecule has 19 heavy (non-hydrogen) atoms. The molecule has 0 aliphatic heterocycles. The van der Waals surface area contributed by atoms with Gasteiger partial charge in [-0.25, -0.2) is 4.39 Å². The summed E-state index contributed by atoms with van der Waals surface area (Å²) in [7, 11) is 0. The Balaban J connectivity index is 2.01. The third-order valence-electron chi connectivity index (χ3n) is 2.82. The van der Waals surface area contributed by atoms with E-state index >= 15 is 0 Å². The van der Waals surface area contributed by atoms with Crippen molar-refractivity contribution in [3.05, 3.63) is 68.9 Å². The van der Waals surface area contributed by atoms with Gasteiger partial charge < -0.3 is 5.11 Å². The molecule has 0 bridgehead atoms. The third-order valence-corrected chi connectivity index (χ3v) is 3.62. The van der Waals surface area contributed by atoms with Crippen molar-refractivity contribution in [1.82, 2.24) is 0 Å². The second-order valence-electron chi connectivity index (χ2n) is 4.44. The predicted octanol–water partition coefficient (Wildman–Crippen LogP) is 4.39. The standard InChI is InChI=1S/C15H13BrClFO/c16-12-3-1-2-10(6-12)7-13(19)8-11-4-5-14(17)15(18)9-11/h1-6,9,13,19H,7-8H2. The SMILES string of the molecule is OC(Cc1cccc(Br)c1)Cc1ccc(Cl)c(F)c1. The number of hydrogen-bond donors (Lipinski definition) is 1. The molecule has 0 aliphatic rings. The maximum absolute atomic E-state index is 13.3. The molecule has 0 saturated carbocycles. The minimum Gasteiger partial charge on any atom is -0.392 e. The molecule has 2 rings (SSSR count). The quantitative estimate of drug-likeness (QED) is 0.873. The average Bonchev–Trinajstić information content (AvgIpc) is 2.34. The van der Waals surface area contributed by atoms with Gasteiger partial charge >= 0.3 is 0 Å². The van der Waals surface area contributed by atoms with Crippen LogP contribution in [-0.4, -0.2) is 11.2 Å². The number of halogens is 3. The fourth-order valence-corrected chi connectivity index (χ4v) is 2.51. The van der Waals surface area contributed by atoms with Crippen molar-refractivity contribution in [3.63, 3.8) is 0 Å². The van der Waals surface area contributed by atoms with Crippen LogP contribution >= 0.6 is 27.5 Å². The van der Waals surface area contributed by atoms with Crippen LogP contribution in [0.5, 0.6) is 0 Å². The van der Waals surface area contributed by atoms with E-state index in [4.69, 9.17) is 11.6 Å². The van der Waals surface area contributed by atoms with E-state index in [0.717, 1.165) is 15.6 Å². The van der Waals surface area contributed by atoms with Crippen LogP contribution in [0, 0.1) is 5.82 Å². The number of aliphatic hydroxyl groups excluding tert-OH is 1. The normalized spacial score (nSPS) is 12.4. The summed E-state index contributed by atoms with van der Waals surface area (Å²) in [6.45, 7) is 0. The van der Waals surface area contributed by atoms with E-state index in [0.29, 0.717) is 12.8 Å². The molecule has 1 unspecified atom stereocenters. The predicted molar refractivity (Wildman–Crippen MR) is 79.0 cm³/mol. The molecule has 2 aromatic rings. The highest BCUT2D eigenvalue weighted by molar-refractivity contribution is 9.10. The number of benzene rings is 2. The first kappa shape index (κ1) is 14.5. The van der Waals surface area contributed by atoms with Gasteiger partial charge in [0.1, 0.15) is 5.82 Å². The Kier molecular flexibility index (Phi) is 4.97. The van der Waals surface area contributed by atoms with E-state index in [2.05, 4.69) is 15.9 Å². The molecule has 0 radical (unpaired) electrons. The van der Waals surface area contributed by atoms with Crippen LogP contribution < -0.4 is 0 Å². The van der Waals surface area contributed by atoms with E-state index in [1.165, 1.54) is 12.1 Å². The van der Waals surface area contributed by atoms with Gasteiger partial charge in [0.15, 0.2) is 0 Å². The van der Waals surface area contributed by atoms with Gasteiger partial charge in [-0.05, 0) is 48.2 Å². The van der Waals surface area contributed by atoms with Crippen LogP contribution in [0.4, 0.5) is 4.39 Å². The lowest BCUT2D eigenvalue weighted by molar-refractivity contribution is 0.175. The van der Waals surface area contributed by atoms with Crippen molar-refractivity contribution in [3.8, 4) is 0 Å². The fraction of sp³-hybridized carbons (Fsp3) is 0.200. The molecule has 1 N–H and O–H groups in total. The summed E-state index contributed by atoms with van der Waals surface area (Å²) in [6.07, 6.45) is 0.388. The van der Waals surface area contributed by atoms with Crippen LogP contribution in [0.2, 0.25) is 5.02 Å². The average molecular weight is 344 g/mol. The van der Waals surface area contributed by atoms with Gasteiger partial charge in [0, 0.05) is 4.47 Å². The second-order valence-corrected chi connectivity index (χ2v) is 5.76. The van der Waals surface area contributed by atoms with Crippen molar-refractivity contribution in [2.45, 2.75) is 18.9 Å². The Hall–Kier alpha value is -0.900. The van der Waals surface area contributed by atoms with Gasteiger partial charge in [-0.1, -0.05) is 45.7 Å². The summed E-state index contributed by atoms with van der Waals surface area (Å²) in [6, 6.07) is 12.4. The Morgan fingerprint density at radius 3 is 2.42 bits per heavy atom. The van der Waals surface area contributed by atoms with Gasteiger partial charge in [-0.2, -0.15) is 0 Å². The second kappa shape index (κ2) is 6.51. The Morgan fingerprint density at radius 2 is 1.79 bits per heavy atom. The summed E-state index contributed by atoms with van der Waals surface area (Å²) in [5.74, 6) is -0.450. The molecule has 4 heteroatoms. The molecule has 0 heterocycles. The smallest absolute Gasteiger partial charge is 0.142 e. The molecule has 0 amide bonds. The first-order chi connectivity index (χ1) is 9.04. The molecule has 0 spiro atoms. The molecular formula is C15H13BrClFO. The van der Waals surface area contributed by atoms with Gasteiger partial charge in [0.25, 0.3) is 0 Å². The van der Waals surface area contributed by atoms with Crippen LogP contribution in [-0.2, 0) is 12.8 Å². The Bertz CT molecular complexity index is 574. The van der Waals surface area contributed by atoms with Crippen LogP contribution in [0.25, 0.3) is 0 Å². The summed E-state index contributed by atoms with van der Waals surface area (Å²) in [4.78, 5) is 0. The Morgan fingerprint density at radius 1 is 1.11 bits per heavy atom. The number of hydrogen-bond acceptors (Lipinski definition) is 1. The van der Waals surface area contributed by atoms with Gasteiger partial charge in [0.2, 0.25) is 0 Å². The fourth-order valence-electron chi connectivity index (χ4n) is 1.95. The highest BCUT2D eigenvalue weighted by Crippen LogP contribution is 2.18. The van der Waals surface area contributed by atoms with Crippen molar-refractivity contribution in [2.75, 3.05) is 0 Å². The first-order valence-electron chi connectivity index (χ1n) is 5.91. The lowest BCUT2D eigenvalue weighted by Crippen LogP contribution is -2.14. The number of rotatable bonds is 4. The van der Waals surface area contributed by atoms with Crippen molar-refractivity contribution >= 4 is 27.5 Å². The lowest BCUT2D eigenvalue weighted by atomic mass is 10.0. The Labute approximate surface area is 125 Å². The minimum atomic E-state index is -0.546. The number of aliphatic hydroxyl groups is 1. The monoisotopic (exact) mass is 342 g/mol. The van der Waals surface area contributed by atoms with Gasteiger partial charge in [-0.15, -0.1) is 0 Å². The molecule has 0 saturated heterocycles. The summed E-state index contributed by atoms with van der Waals surface area (Å²) < 4.78 is 14.3. The van der Waals surface area contributed by atoms with E-state index in [1.807, 2.05) is 24.3 Å². The largest absolute Gasteiger partial charge is 0.392 e. The minimum absolute atomic E-state index is 0.102. The van der Waals surface area contributed by atoms with E-state index in [1.54, 1.807) is 6.07 Å².